The molecule has 1 aliphatic rings. The predicted octanol–water partition coefficient (Wildman–Crippen LogP) is 3.96. The Balaban J connectivity index is 3.02. The quantitative estimate of drug-likeness (QED) is 0.748. The van der Waals surface area contributed by atoms with Crippen molar-refractivity contribution in [2.24, 2.45) is 11.3 Å². The van der Waals surface area contributed by atoms with Crippen molar-refractivity contribution in [3.63, 3.8) is 0 Å². The molecule has 0 aliphatic heterocycles. The first-order valence-electron chi connectivity index (χ1n) is 6.15. The van der Waals surface area contributed by atoms with E-state index in [1.54, 1.807) is 6.08 Å². The molecule has 0 aromatic heterocycles. The molecule has 0 spiro atoms. The highest BCUT2D eigenvalue weighted by Crippen LogP contribution is 2.45. The fourth-order valence-corrected chi connectivity index (χ4v) is 2.39. The van der Waals surface area contributed by atoms with Gasteiger partial charge < -0.3 is 5.11 Å². The van der Waals surface area contributed by atoms with Crippen molar-refractivity contribution in [1.29, 1.82) is 0 Å². The van der Waals surface area contributed by atoms with Gasteiger partial charge in [0.15, 0.2) is 0 Å². The van der Waals surface area contributed by atoms with E-state index in [0.29, 0.717) is 11.5 Å². The summed E-state index contributed by atoms with van der Waals surface area (Å²) in [4.78, 5) is 11.3. The van der Waals surface area contributed by atoms with Gasteiger partial charge in [-0.3, -0.25) is 0 Å². The Bertz CT molecular complexity index is 376. The fraction of sp³-hybridized carbons (Fsp3) is 0.533. The minimum atomic E-state index is -0.774. The molecule has 0 amide bonds. The van der Waals surface area contributed by atoms with Crippen LogP contribution in [-0.4, -0.2) is 11.1 Å². The van der Waals surface area contributed by atoms with Crippen LogP contribution in [0.5, 0.6) is 0 Å². The van der Waals surface area contributed by atoms with Crippen LogP contribution in [0.2, 0.25) is 0 Å². The molecule has 1 N–H and O–H groups in total. The lowest BCUT2D eigenvalue weighted by Crippen LogP contribution is -2.33. The monoisotopic (exact) mass is 234 g/mol. The molecule has 2 heteroatoms. The molecule has 0 radical (unpaired) electrons. The summed E-state index contributed by atoms with van der Waals surface area (Å²) in [6.07, 6.45) is 8.49. The van der Waals surface area contributed by atoms with Gasteiger partial charge in [-0.15, -0.1) is 0 Å². The summed E-state index contributed by atoms with van der Waals surface area (Å²) in [5.41, 5.74) is 1.42. The summed E-state index contributed by atoms with van der Waals surface area (Å²) < 4.78 is 0. The van der Waals surface area contributed by atoms with E-state index < -0.39 is 5.97 Å². The van der Waals surface area contributed by atoms with E-state index in [0.717, 1.165) is 24.8 Å². The number of hydrogen-bond acceptors (Lipinski definition) is 1. The third-order valence-corrected chi connectivity index (χ3v) is 4.05. The highest BCUT2D eigenvalue weighted by atomic mass is 16.4. The lowest BCUT2D eigenvalue weighted by Gasteiger charge is -2.38. The van der Waals surface area contributed by atoms with Crippen molar-refractivity contribution in [1.82, 2.24) is 0 Å². The van der Waals surface area contributed by atoms with E-state index in [9.17, 15) is 9.90 Å². The van der Waals surface area contributed by atoms with Crippen LogP contribution >= 0.6 is 0 Å². The zero-order valence-electron chi connectivity index (χ0n) is 11.0. The lowest BCUT2D eigenvalue weighted by molar-refractivity contribution is -0.134. The molecule has 0 aromatic carbocycles. The Morgan fingerprint density at radius 3 is 2.88 bits per heavy atom. The Morgan fingerprint density at radius 2 is 2.35 bits per heavy atom. The van der Waals surface area contributed by atoms with Crippen LogP contribution in [0.25, 0.3) is 0 Å². The van der Waals surface area contributed by atoms with Crippen LogP contribution in [0.15, 0.2) is 36.0 Å². The number of carboxylic acids is 1. The van der Waals surface area contributed by atoms with Crippen molar-refractivity contribution in [3.05, 3.63) is 36.0 Å². The first-order chi connectivity index (χ1) is 7.91. The van der Waals surface area contributed by atoms with E-state index in [2.05, 4.69) is 26.5 Å². The third kappa shape index (κ3) is 2.87. The van der Waals surface area contributed by atoms with Crippen LogP contribution < -0.4 is 0 Å². The van der Waals surface area contributed by atoms with E-state index in [-0.39, 0.29) is 5.41 Å². The maximum Gasteiger partial charge on any atom is 0.331 e. The van der Waals surface area contributed by atoms with E-state index in [4.69, 9.17) is 0 Å². The number of hydrogen-bond donors (Lipinski definition) is 1. The Morgan fingerprint density at radius 1 is 1.71 bits per heavy atom. The maximum atomic E-state index is 11.3. The minimum Gasteiger partial charge on any atom is -0.478 e. The molecule has 0 heterocycles. The topological polar surface area (TPSA) is 37.3 Å². The van der Waals surface area contributed by atoms with Crippen LogP contribution in [0.1, 0.15) is 40.0 Å². The van der Waals surface area contributed by atoms with Crippen LogP contribution in [-0.2, 0) is 4.79 Å². The van der Waals surface area contributed by atoms with Crippen molar-refractivity contribution in [3.8, 4) is 0 Å². The van der Waals surface area contributed by atoms with Gasteiger partial charge in [-0.1, -0.05) is 44.2 Å². The Hall–Kier alpha value is -1.31. The van der Waals surface area contributed by atoms with Crippen LogP contribution in [0, 0.1) is 11.3 Å². The zero-order valence-corrected chi connectivity index (χ0v) is 11.0. The number of allylic oxidation sites excluding steroid dienone is 4. The molecule has 0 aromatic rings. The Kier molecular flexibility index (Phi) is 4.33. The van der Waals surface area contributed by atoms with E-state index >= 15 is 0 Å². The molecular weight excluding hydrogens is 212 g/mol. The summed E-state index contributed by atoms with van der Waals surface area (Å²) in [6, 6.07) is 0. The highest BCUT2D eigenvalue weighted by molar-refractivity contribution is 5.88. The fourth-order valence-electron chi connectivity index (χ4n) is 2.39. The van der Waals surface area contributed by atoms with Gasteiger partial charge in [0.2, 0.25) is 0 Å². The van der Waals surface area contributed by atoms with Crippen molar-refractivity contribution < 1.29 is 9.90 Å². The largest absolute Gasteiger partial charge is 0.478 e. The van der Waals surface area contributed by atoms with Gasteiger partial charge in [0, 0.05) is 11.0 Å². The molecule has 17 heavy (non-hydrogen) atoms. The van der Waals surface area contributed by atoms with Crippen molar-refractivity contribution in [2.75, 3.05) is 0 Å². The summed E-state index contributed by atoms with van der Waals surface area (Å²) in [7, 11) is 0. The second-order valence-electron chi connectivity index (χ2n) is 5.18. The molecule has 1 aliphatic carbocycles. The number of carbonyl (C=O) groups is 1. The number of rotatable bonds is 4. The van der Waals surface area contributed by atoms with Gasteiger partial charge in [-0.2, -0.15) is 0 Å². The molecule has 1 rings (SSSR count). The Labute approximate surface area is 104 Å². The highest BCUT2D eigenvalue weighted by Gasteiger charge is 2.39. The van der Waals surface area contributed by atoms with Crippen molar-refractivity contribution >= 4 is 5.97 Å². The number of carboxylic acid groups (broad SMARTS) is 1. The minimum absolute atomic E-state index is 0.256. The molecular formula is C15H22O2. The smallest absolute Gasteiger partial charge is 0.331 e. The van der Waals surface area contributed by atoms with Crippen LogP contribution in [0.4, 0.5) is 0 Å². The molecule has 0 saturated heterocycles. The van der Waals surface area contributed by atoms with Gasteiger partial charge in [0.25, 0.3) is 0 Å². The second-order valence-corrected chi connectivity index (χ2v) is 5.18. The van der Waals surface area contributed by atoms with Crippen LogP contribution in [0.3, 0.4) is 0 Å². The SMILES string of the molecule is C=CC(C)=CCC1(C)C(C(=O)O)=CCCC1C. The maximum absolute atomic E-state index is 11.3. The average molecular weight is 234 g/mol. The van der Waals surface area contributed by atoms with E-state index in [1.807, 2.05) is 13.0 Å². The van der Waals surface area contributed by atoms with Gasteiger partial charge in [-0.05, 0) is 32.1 Å². The predicted molar refractivity (Wildman–Crippen MR) is 70.8 cm³/mol. The van der Waals surface area contributed by atoms with Gasteiger partial charge in [-0.25, -0.2) is 4.79 Å². The molecule has 94 valence electrons. The number of aliphatic carboxylic acids is 1. The average Bonchev–Trinajstić information content (AvgIpc) is 2.29. The third-order valence-electron chi connectivity index (χ3n) is 4.05. The summed E-state index contributed by atoms with van der Waals surface area (Å²) in [6.45, 7) is 9.92. The molecule has 2 nitrogen and oxygen atoms in total. The molecule has 2 atom stereocenters. The standard InChI is InChI=1S/C15H22O2/c1-5-11(2)9-10-15(4)12(3)7-6-8-13(15)14(16)17/h5,8-9,12H,1,6-7,10H2,2-4H3,(H,16,17). The molecule has 0 saturated carbocycles. The zero-order chi connectivity index (χ0) is 13.1. The molecule has 0 bridgehead atoms. The first-order valence-corrected chi connectivity index (χ1v) is 6.15. The van der Waals surface area contributed by atoms with Gasteiger partial charge in [0.05, 0.1) is 0 Å². The first kappa shape index (κ1) is 13.8. The lowest BCUT2D eigenvalue weighted by atomic mass is 9.65. The summed E-state index contributed by atoms with van der Waals surface area (Å²) in [5, 5.41) is 9.30. The van der Waals surface area contributed by atoms with E-state index in [1.165, 1.54) is 0 Å². The molecule has 0 fully saturated rings. The van der Waals surface area contributed by atoms with Gasteiger partial charge >= 0.3 is 5.97 Å². The summed E-state index contributed by atoms with van der Waals surface area (Å²) >= 11 is 0. The normalized spacial score (nSPS) is 29.7. The second kappa shape index (κ2) is 5.35. The van der Waals surface area contributed by atoms with Crippen molar-refractivity contribution in [2.45, 2.75) is 40.0 Å². The summed E-state index contributed by atoms with van der Waals surface area (Å²) in [5.74, 6) is -0.379. The van der Waals surface area contributed by atoms with Gasteiger partial charge in [0.1, 0.15) is 0 Å². The molecule has 2 unspecified atom stereocenters.